The average molecular weight is 607 g/mol. The van der Waals surface area contributed by atoms with Gasteiger partial charge in [-0.05, 0) is 55.3 Å². The van der Waals surface area contributed by atoms with E-state index in [1.54, 1.807) is 45.0 Å². The minimum Gasteiger partial charge on any atom is -0.340 e. The van der Waals surface area contributed by atoms with Crippen molar-refractivity contribution in [2.45, 2.75) is 51.6 Å². The van der Waals surface area contributed by atoms with Crippen molar-refractivity contribution >= 4 is 35.1 Å². The van der Waals surface area contributed by atoms with Crippen LogP contribution in [-0.4, -0.2) is 59.4 Å². The lowest BCUT2D eigenvalue weighted by Gasteiger charge is -2.41. The summed E-state index contributed by atoms with van der Waals surface area (Å²) in [7, 11) is 0. The number of rotatable bonds is 6. The van der Waals surface area contributed by atoms with Crippen molar-refractivity contribution in [3.05, 3.63) is 64.2 Å². The van der Waals surface area contributed by atoms with Crippen LogP contribution in [0.25, 0.3) is 0 Å². The third kappa shape index (κ3) is 8.05. The molecule has 2 aromatic rings. The number of benzene rings is 2. The summed E-state index contributed by atoms with van der Waals surface area (Å²) in [6.45, 7) is 5.43. The molecule has 7 nitrogen and oxygen atoms in total. The van der Waals surface area contributed by atoms with Crippen LogP contribution < -0.4 is 10.6 Å². The van der Waals surface area contributed by atoms with Gasteiger partial charge in [0, 0.05) is 41.9 Å². The maximum absolute atomic E-state index is 13.5. The Morgan fingerprint density at radius 2 is 1.54 bits per heavy atom. The van der Waals surface area contributed by atoms with Crippen LogP contribution in [0.1, 0.15) is 48.7 Å². The average Bonchev–Trinajstić information content (AvgIpc) is 2.90. The fourth-order valence-electron chi connectivity index (χ4n) is 4.38. The minimum absolute atomic E-state index is 0.0714. The number of carbonyl (C=O) groups is 3. The number of nitrogens with zero attached hydrogens (tertiary/aromatic N) is 2. The lowest BCUT2D eigenvalue weighted by atomic mass is 9.96. The van der Waals surface area contributed by atoms with Gasteiger partial charge < -0.3 is 20.4 Å². The summed E-state index contributed by atoms with van der Waals surface area (Å²) in [5, 5.41) is 5.60. The molecule has 1 fully saturated rings. The van der Waals surface area contributed by atoms with Crippen molar-refractivity contribution < 1.29 is 40.7 Å². The second kappa shape index (κ2) is 12.6. The van der Waals surface area contributed by atoms with E-state index in [1.165, 1.54) is 9.80 Å². The van der Waals surface area contributed by atoms with Gasteiger partial charge >= 0.3 is 18.4 Å². The summed E-state index contributed by atoms with van der Waals surface area (Å²) in [4.78, 5) is 42.1. The minimum atomic E-state index is -5.13. The van der Waals surface area contributed by atoms with E-state index in [-0.39, 0.29) is 25.7 Å². The van der Waals surface area contributed by atoms with Gasteiger partial charge in [-0.15, -0.1) is 0 Å². The van der Waals surface area contributed by atoms with E-state index in [4.69, 9.17) is 11.6 Å². The van der Waals surface area contributed by atoms with Crippen molar-refractivity contribution in [1.82, 2.24) is 15.1 Å². The third-order valence-electron chi connectivity index (χ3n) is 6.91. The molecule has 41 heavy (non-hydrogen) atoms. The van der Waals surface area contributed by atoms with Crippen LogP contribution in [0.3, 0.4) is 0 Å². The largest absolute Gasteiger partial charge is 0.416 e. The van der Waals surface area contributed by atoms with Crippen molar-refractivity contribution in [1.29, 1.82) is 0 Å². The lowest BCUT2D eigenvalue weighted by Crippen LogP contribution is -2.60. The number of piperazine rings is 1. The summed E-state index contributed by atoms with van der Waals surface area (Å²) in [5.41, 5.74) is -3.62. The standard InChI is InChI=1S/C27H29ClF6N4O3/c1-4-15(2)22(36-23(39)17-11-18(26(29,30)31)13-19(12-17)27(32,33)34)24(40)37-9-10-38(16(3)14-37)25(41)35-21-7-5-20(28)6-8-21/h5-8,11-13,15-16,22H,4,9-10,14H2,1-3H3,(H,35,41)(H,36,39). The third-order valence-corrected chi connectivity index (χ3v) is 7.16. The highest BCUT2D eigenvalue weighted by atomic mass is 35.5. The highest BCUT2D eigenvalue weighted by Crippen LogP contribution is 2.36. The van der Waals surface area contributed by atoms with Crippen LogP contribution in [0.2, 0.25) is 5.02 Å². The van der Waals surface area contributed by atoms with Crippen LogP contribution >= 0.6 is 11.6 Å². The lowest BCUT2D eigenvalue weighted by molar-refractivity contribution is -0.143. The molecule has 4 amide bonds. The molecular weight excluding hydrogens is 578 g/mol. The second-order valence-corrected chi connectivity index (χ2v) is 10.3. The maximum atomic E-state index is 13.5. The van der Waals surface area contributed by atoms with E-state index in [1.807, 2.05) is 0 Å². The Labute approximate surface area is 237 Å². The van der Waals surface area contributed by atoms with Gasteiger partial charge in [-0.3, -0.25) is 9.59 Å². The number of anilines is 1. The summed E-state index contributed by atoms with van der Waals surface area (Å²) in [6.07, 6.45) is -9.87. The smallest absolute Gasteiger partial charge is 0.340 e. The van der Waals surface area contributed by atoms with E-state index in [0.29, 0.717) is 29.3 Å². The van der Waals surface area contributed by atoms with Crippen LogP contribution in [0.5, 0.6) is 0 Å². The van der Waals surface area contributed by atoms with E-state index >= 15 is 0 Å². The fraction of sp³-hybridized carbons (Fsp3) is 0.444. The van der Waals surface area contributed by atoms with E-state index in [2.05, 4.69) is 10.6 Å². The molecule has 1 aliphatic heterocycles. The van der Waals surface area contributed by atoms with Gasteiger partial charge in [-0.1, -0.05) is 31.9 Å². The normalized spacial score (nSPS) is 17.6. The van der Waals surface area contributed by atoms with Crippen LogP contribution in [0.15, 0.2) is 42.5 Å². The van der Waals surface area contributed by atoms with Gasteiger partial charge in [0.1, 0.15) is 6.04 Å². The first-order valence-corrected chi connectivity index (χ1v) is 13.1. The molecule has 3 unspecified atom stereocenters. The number of nitrogens with one attached hydrogen (secondary N) is 2. The predicted molar refractivity (Wildman–Crippen MR) is 140 cm³/mol. The molecular formula is C27H29ClF6N4O3. The Morgan fingerprint density at radius 1 is 0.976 bits per heavy atom. The highest BCUT2D eigenvalue weighted by Gasteiger charge is 2.39. The van der Waals surface area contributed by atoms with Gasteiger partial charge in [0.05, 0.1) is 11.1 Å². The molecule has 0 spiro atoms. The summed E-state index contributed by atoms with van der Waals surface area (Å²) < 4.78 is 79.7. The van der Waals surface area contributed by atoms with Crippen molar-refractivity contribution in [2.75, 3.05) is 25.0 Å². The Balaban J connectivity index is 1.76. The summed E-state index contributed by atoms with van der Waals surface area (Å²) in [5.74, 6) is -2.30. The van der Waals surface area contributed by atoms with E-state index in [9.17, 15) is 40.7 Å². The molecule has 0 radical (unpaired) electrons. The SMILES string of the molecule is CCC(C)C(NC(=O)c1cc(C(F)(F)F)cc(C(F)(F)F)c1)C(=O)N1CCN(C(=O)Nc2ccc(Cl)cc2)C(C)C1. The van der Waals surface area contributed by atoms with Gasteiger partial charge in [-0.25, -0.2) is 4.79 Å². The van der Waals surface area contributed by atoms with Crippen molar-refractivity contribution in [2.24, 2.45) is 5.92 Å². The van der Waals surface area contributed by atoms with Crippen molar-refractivity contribution in [3.63, 3.8) is 0 Å². The number of hydrogen-bond donors (Lipinski definition) is 2. The number of halogens is 7. The number of carbonyl (C=O) groups excluding carboxylic acids is 3. The quantitative estimate of drug-likeness (QED) is 0.380. The predicted octanol–water partition coefficient (Wildman–Crippen LogP) is 6.29. The molecule has 1 saturated heterocycles. The van der Waals surface area contributed by atoms with Crippen LogP contribution in [-0.2, 0) is 17.1 Å². The molecule has 1 aliphatic rings. The van der Waals surface area contributed by atoms with Gasteiger partial charge in [-0.2, -0.15) is 26.3 Å². The zero-order valence-corrected chi connectivity index (χ0v) is 23.1. The Hall–Kier alpha value is -3.48. The van der Waals surface area contributed by atoms with Crippen LogP contribution in [0.4, 0.5) is 36.8 Å². The van der Waals surface area contributed by atoms with Crippen molar-refractivity contribution in [3.8, 4) is 0 Å². The molecule has 0 saturated carbocycles. The molecule has 0 aromatic heterocycles. The first-order valence-electron chi connectivity index (χ1n) is 12.7. The Morgan fingerprint density at radius 3 is 2.02 bits per heavy atom. The summed E-state index contributed by atoms with van der Waals surface area (Å²) >= 11 is 5.86. The highest BCUT2D eigenvalue weighted by molar-refractivity contribution is 6.30. The molecule has 2 aromatic carbocycles. The van der Waals surface area contributed by atoms with Gasteiger partial charge in [0.25, 0.3) is 5.91 Å². The maximum Gasteiger partial charge on any atom is 0.416 e. The Kier molecular flexibility index (Phi) is 9.83. The first-order chi connectivity index (χ1) is 19.0. The molecule has 3 atom stereocenters. The molecule has 2 N–H and O–H groups in total. The van der Waals surface area contributed by atoms with E-state index in [0.717, 1.165) is 0 Å². The van der Waals surface area contributed by atoms with Crippen LogP contribution in [0, 0.1) is 5.92 Å². The molecule has 14 heteroatoms. The fourth-order valence-corrected chi connectivity index (χ4v) is 4.50. The first kappa shape index (κ1) is 32.0. The molecule has 0 bridgehead atoms. The number of urea groups is 1. The van der Waals surface area contributed by atoms with Gasteiger partial charge in [0.2, 0.25) is 5.91 Å². The zero-order chi connectivity index (χ0) is 30.7. The number of alkyl halides is 6. The second-order valence-electron chi connectivity index (χ2n) is 9.89. The monoisotopic (exact) mass is 606 g/mol. The number of amides is 4. The topological polar surface area (TPSA) is 81.8 Å². The molecule has 0 aliphatic carbocycles. The molecule has 3 rings (SSSR count). The molecule has 224 valence electrons. The molecule has 1 heterocycles. The summed E-state index contributed by atoms with van der Waals surface area (Å²) in [6, 6.07) is 5.00. The zero-order valence-electron chi connectivity index (χ0n) is 22.4. The number of hydrogen-bond acceptors (Lipinski definition) is 3. The van der Waals surface area contributed by atoms with E-state index < -0.39 is 64.9 Å². The van der Waals surface area contributed by atoms with Gasteiger partial charge in [0.15, 0.2) is 0 Å². The Bertz CT molecular complexity index is 1240.